The zero-order valence-corrected chi connectivity index (χ0v) is 9.91. The van der Waals surface area contributed by atoms with Gasteiger partial charge in [-0.05, 0) is 12.5 Å². The SMILES string of the molecule is CC[C@H](O)c1ccccc1OCOCC(F)(F)F. The Morgan fingerprint density at radius 2 is 1.94 bits per heavy atom. The van der Waals surface area contributed by atoms with Crippen molar-refractivity contribution < 1.29 is 27.8 Å². The van der Waals surface area contributed by atoms with Gasteiger partial charge in [0.25, 0.3) is 0 Å². The van der Waals surface area contributed by atoms with Gasteiger partial charge < -0.3 is 14.6 Å². The number of alkyl halides is 3. The Hall–Kier alpha value is -1.27. The topological polar surface area (TPSA) is 38.7 Å². The average molecular weight is 264 g/mol. The third-order valence-corrected chi connectivity index (χ3v) is 2.23. The summed E-state index contributed by atoms with van der Waals surface area (Å²) in [5, 5.41) is 9.70. The summed E-state index contributed by atoms with van der Waals surface area (Å²) in [4.78, 5) is 0. The third-order valence-electron chi connectivity index (χ3n) is 2.23. The van der Waals surface area contributed by atoms with Gasteiger partial charge in [-0.3, -0.25) is 0 Å². The van der Waals surface area contributed by atoms with Crippen LogP contribution in [0.3, 0.4) is 0 Å². The first-order valence-corrected chi connectivity index (χ1v) is 5.48. The second kappa shape index (κ2) is 6.61. The number of hydrogen-bond acceptors (Lipinski definition) is 3. The van der Waals surface area contributed by atoms with Gasteiger partial charge in [-0.1, -0.05) is 25.1 Å². The van der Waals surface area contributed by atoms with Crippen LogP contribution < -0.4 is 4.74 Å². The summed E-state index contributed by atoms with van der Waals surface area (Å²) in [6.45, 7) is -0.0694. The number of aliphatic hydroxyl groups excluding tert-OH is 1. The van der Waals surface area contributed by atoms with E-state index >= 15 is 0 Å². The van der Waals surface area contributed by atoms with Gasteiger partial charge in [-0.2, -0.15) is 13.2 Å². The van der Waals surface area contributed by atoms with E-state index in [9.17, 15) is 18.3 Å². The summed E-state index contributed by atoms with van der Waals surface area (Å²) in [5.74, 6) is 0.328. The van der Waals surface area contributed by atoms with Gasteiger partial charge in [0.1, 0.15) is 12.4 Å². The second-order valence-electron chi connectivity index (χ2n) is 3.69. The van der Waals surface area contributed by atoms with E-state index in [0.29, 0.717) is 17.7 Å². The number of rotatable bonds is 6. The van der Waals surface area contributed by atoms with Crippen LogP contribution in [-0.4, -0.2) is 24.7 Å². The van der Waals surface area contributed by atoms with Crippen molar-refractivity contribution in [2.24, 2.45) is 0 Å². The molecule has 0 unspecified atom stereocenters. The van der Waals surface area contributed by atoms with E-state index in [1.807, 2.05) is 0 Å². The monoisotopic (exact) mass is 264 g/mol. The zero-order valence-electron chi connectivity index (χ0n) is 9.91. The lowest BCUT2D eigenvalue weighted by Gasteiger charge is -2.15. The predicted octanol–water partition coefficient (Wildman–Crippen LogP) is 3.05. The molecule has 6 heteroatoms. The van der Waals surface area contributed by atoms with Crippen molar-refractivity contribution in [3.63, 3.8) is 0 Å². The molecule has 0 amide bonds. The van der Waals surface area contributed by atoms with Crippen molar-refractivity contribution in [3.05, 3.63) is 29.8 Å². The minimum atomic E-state index is -4.37. The van der Waals surface area contributed by atoms with Gasteiger partial charge in [-0.25, -0.2) is 0 Å². The van der Waals surface area contributed by atoms with Crippen LogP contribution in [0.5, 0.6) is 5.75 Å². The lowest BCUT2D eigenvalue weighted by molar-refractivity contribution is -0.186. The summed E-state index contributed by atoms with van der Waals surface area (Å²) in [7, 11) is 0. The molecule has 0 saturated heterocycles. The molecule has 18 heavy (non-hydrogen) atoms. The largest absolute Gasteiger partial charge is 0.467 e. The van der Waals surface area contributed by atoms with Crippen molar-refractivity contribution in [3.8, 4) is 5.75 Å². The summed E-state index contributed by atoms with van der Waals surface area (Å²) in [6, 6.07) is 6.63. The van der Waals surface area contributed by atoms with Gasteiger partial charge >= 0.3 is 6.18 Å². The molecular formula is C12H15F3O3. The number of hydrogen-bond donors (Lipinski definition) is 1. The van der Waals surface area contributed by atoms with E-state index < -0.39 is 25.7 Å². The Morgan fingerprint density at radius 1 is 1.28 bits per heavy atom. The molecule has 1 aromatic carbocycles. The first kappa shape index (κ1) is 14.8. The standard InChI is InChI=1S/C12H15F3O3/c1-2-10(16)9-5-3-4-6-11(9)18-8-17-7-12(13,14)15/h3-6,10,16H,2,7-8H2,1H3/t10-/m0/s1. The van der Waals surface area contributed by atoms with Crippen LogP contribution in [0.15, 0.2) is 24.3 Å². The molecule has 0 spiro atoms. The van der Waals surface area contributed by atoms with Crippen molar-refractivity contribution in [2.75, 3.05) is 13.4 Å². The van der Waals surface area contributed by atoms with E-state index in [-0.39, 0.29) is 0 Å². The molecule has 0 saturated carbocycles. The van der Waals surface area contributed by atoms with Crippen LogP contribution in [0.1, 0.15) is 25.0 Å². The van der Waals surface area contributed by atoms with Gasteiger partial charge in [0.05, 0.1) is 6.10 Å². The van der Waals surface area contributed by atoms with Crippen molar-refractivity contribution in [1.82, 2.24) is 0 Å². The van der Waals surface area contributed by atoms with Gasteiger partial charge in [0.15, 0.2) is 6.79 Å². The zero-order chi connectivity index (χ0) is 13.6. The Balaban J connectivity index is 2.52. The molecule has 0 aliphatic heterocycles. The van der Waals surface area contributed by atoms with Crippen LogP contribution in [0.25, 0.3) is 0 Å². The summed E-state index contributed by atoms with van der Waals surface area (Å²) >= 11 is 0. The molecular weight excluding hydrogens is 249 g/mol. The minimum absolute atomic E-state index is 0.328. The van der Waals surface area contributed by atoms with Crippen molar-refractivity contribution in [2.45, 2.75) is 25.6 Å². The van der Waals surface area contributed by atoms with Gasteiger partial charge in [0, 0.05) is 5.56 Å². The molecule has 0 heterocycles. The quantitative estimate of drug-likeness (QED) is 0.634. The average Bonchev–Trinajstić information content (AvgIpc) is 2.33. The molecule has 0 bridgehead atoms. The van der Waals surface area contributed by atoms with Crippen molar-refractivity contribution in [1.29, 1.82) is 0 Å². The molecule has 0 radical (unpaired) electrons. The van der Waals surface area contributed by atoms with Gasteiger partial charge in [0.2, 0.25) is 0 Å². The molecule has 1 aromatic rings. The Labute approximate surface area is 103 Å². The van der Waals surface area contributed by atoms with Crippen molar-refractivity contribution >= 4 is 0 Å². The Kier molecular flexibility index (Phi) is 5.43. The first-order chi connectivity index (χ1) is 8.44. The fourth-order valence-corrected chi connectivity index (χ4v) is 1.37. The number of ether oxygens (including phenoxy) is 2. The molecule has 0 aliphatic rings. The number of para-hydroxylation sites is 1. The highest BCUT2D eigenvalue weighted by Crippen LogP contribution is 2.26. The molecule has 0 fully saturated rings. The Morgan fingerprint density at radius 3 is 2.56 bits per heavy atom. The number of benzene rings is 1. The fourth-order valence-electron chi connectivity index (χ4n) is 1.37. The minimum Gasteiger partial charge on any atom is -0.467 e. The third kappa shape index (κ3) is 4.93. The number of halogens is 3. The molecule has 102 valence electrons. The maximum absolute atomic E-state index is 11.8. The fraction of sp³-hybridized carbons (Fsp3) is 0.500. The highest BCUT2D eigenvalue weighted by Gasteiger charge is 2.27. The first-order valence-electron chi connectivity index (χ1n) is 5.48. The van der Waals surface area contributed by atoms with Crippen LogP contribution in [0.2, 0.25) is 0 Å². The van der Waals surface area contributed by atoms with Crippen LogP contribution in [0.4, 0.5) is 13.2 Å². The Bertz CT molecular complexity index is 366. The summed E-state index contributed by atoms with van der Waals surface area (Å²) in [5.41, 5.74) is 0.538. The highest BCUT2D eigenvalue weighted by molar-refractivity contribution is 5.34. The second-order valence-corrected chi connectivity index (χ2v) is 3.69. The van der Waals surface area contributed by atoms with E-state index in [2.05, 4.69) is 4.74 Å². The smallest absolute Gasteiger partial charge is 0.411 e. The molecule has 3 nitrogen and oxygen atoms in total. The van der Waals surface area contributed by atoms with E-state index in [1.54, 1.807) is 31.2 Å². The molecule has 1 N–H and O–H groups in total. The van der Waals surface area contributed by atoms with E-state index in [1.165, 1.54) is 0 Å². The molecule has 0 aromatic heterocycles. The van der Waals surface area contributed by atoms with E-state index in [0.717, 1.165) is 0 Å². The van der Waals surface area contributed by atoms with Crippen LogP contribution in [-0.2, 0) is 4.74 Å². The van der Waals surface area contributed by atoms with E-state index in [4.69, 9.17) is 4.74 Å². The maximum atomic E-state index is 11.8. The molecule has 1 rings (SSSR count). The number of aliphatic hydroxyl groups is 1. The summed E-state index contributed by atoms with van der Waals surface area (Å²) < 4.78 is 44.9. The molecule has 1 atom stereocenters. The normalized spacial score (nSPS) is 13.4. The lowest BCUT2D eigenvalue weighted by Crippen LogP contribution is -2.19. The lowest BCUT2D eigenvalue weighted by atomic mass is 10.1. The summed E-state index contributed by atoms with van der Waals surface area (Å²) in [6.07, 6.45) is -4.58. The van der Waals surface area contributed by atoms with Crippen LogP contribution >= 0.6 is 0 Å². The maximum Gasteiger partial charge on any atom is 0.411 e. The van der Waals surface area contributed by atoms with Gasteiger partial charge in [-0.15, -0.1) is 0 Å². The highest BCUT2D eigenvalue weighted by atomic mass is 19.4. The molecule has 0 aliphatic carbocycles. The van der Waals surface area contributed by atoms with Crippen LogP contribution in [0, 0.1) is 0 Å². The predicted molar refractivity (Wildman–Crippen MR) is 59.2 cm³/mol.